The summed E-state index contributed by atoms with van der Waals surface area (Å²) < 4.78 is 13.4. The maximum absolute atomic E-state index is 13.4. The van der Waals surface area contributed by atoms with E-state index < -0.39 is 0 Å². The largest absolute Gasteiger partial charge is 0.310 e. The number of benzene rings is 1. The Labute approximate surface area is 133 Å². The molecule has 0 amide bonds. The molecule has 0 spiro atoms. The van der Waals surface area contributed by atoms with Crippen LogP contribution in [0.25, 0.3) is 0 Å². The monoisotopic (exact) mass is 312 g/mol. The van der Waals surface area contributed by atoms with Gasteiger partial charge >= 0.3 is 0 Å². The summed E-state index contributed by atoms with van der Waals surface area (Å²) in [6.45, 7) is 6.39. The standard InChI is InChI=1S/C17H29FN2S/c1-5-10-19-17(15-7-6-8-16(18)12-15)9-11-20(3)14(2)13-21-4/h6-8,12,14,17,19H,5,9-11,13H2,1-4H3. The van der Waals surface area contributed by atoms with Crippen LogP contribution in [0, 0.1) is 5.82 Å². The van der Waals surface area contributed by atoms with E-state index in [4.69, 9.17) is 0 Å². The molecule has 1 rings (SSSR count). The fourth-order valence-electron chi connectivity index (χ4n) is 2.35. The molecular formula is C17H29FN2S. The van der Waals surface area contributed by atoms with Gasteiger partial charge in [-0.25, -0.2) is 4.39 Å². The van der Waals surface area contributed by atoms with Gasteiger partial charge in [0.25, 0.3) is 0 Å². The SMILES string of the molecule is CCCNC(CCN(C)C(C)CSC)c1cccc(F)c1. The van der Waals surface area contributed by atoms with Crippen molar-refractivity contribution in [2.75, 3.05) is 32.1 Å². The van der Waals surface area contributed by atoms with Gasteiger partial charge in [-0.3, -0.25) is 0 Å². The summed E-state index contributed by atoms with van der Waals surface area (Å²) in [6.07, 6.45) is 4.23. The summed E-state index contributed by atoms with van der Waals surface area (Å²) in [4.78, 5) is 2.39. The highest BCUT2D eigenvalue weighted by molar-refractivity contribution is 7.98. The molecule has 0 aliphatic rings. The van der Waals surface area contributed by atoms with Crippen molar-refractivity contribution in [1.29, 1.82) is 0 Å². The van der Waals surface area contributed by atoms with Gasteiger partial charge in [0, 0.05) is 17.8 Å². The molecule has 0 heterocycles. The van der Waals surface area contributed by atoms with Gasteiger partial charge in [0.2, 0.25) is 0 Å². The number of nitrogens with one attached hydrogen (secondary N) is 1. The van der Waals surface area contributed by atoms with Crippen molar-refractivity contribution in [1.82, 2.24) is 10.2 Å². The van der Waals surface area contributed by atoms with Crippen LogP contribution in [0.15, 0.2) is 24.3 Å². The molecule has 0 aliphatic heterocycles. The molecular weight excluding hydrogens is 283 g/mol. The Morgan fingerprint density at radius 3 is 2.76 bits per heavy atom. The van der Waals surface area contributed by atoms with Crippen LogP contribution < -0.4 is 5.32 Å². The Hall–Kier alpha value is -0.580. The molecule has 2 nitrogen and oxygen atoms in total. The van der Waals surface area contributed by atoms with Gasteiger partial charge in [-0.1, -0.05) is 19.1 Å². The van der Waals surface area contributed by atoms with E-state index in [1.807, 2.05) is 17.8 Å². The fourth-order valence-corrected chi connectivity index (χ4v) is 3.09. The van der Waals surface area contributed by atoms with Crippen LogP contribution in [0.1, 0.15) is 38.3 Å². The van der Waals surface area contributed by atoms with Gasteiger partial charge in [-0.2, -0.15) is 11.8 Å². The summed E-state index contributed by atoms with van der Waals surface area (Å²) >= 11 is 1.88. The van der Waals surface area contributed by atoms with Gasteiger partial charge in [-0.15, -0.1) is 0 Å². The zero-order chi connectivity index (χ0) is 15.7. The van der Waals surface area contributed by atoms with E-state index in [-0.39, 0.29) is 11.9 Å². The minimum Gasteiger partial charge on any atom is -0.310 e. The summed E-state index contributed by atoms with van der Waals surface area (Å²) in [5.41, 5.74) is 1.05. The second-order valence-electron chi connectivity index (χ2n) is 5.64. The molecule has 1 N–H and O–H groups in total. The van der Waals surface area contributed by atoms with Crippen molar-refractivity contribution in [3.8, 4) is 0 Å². The third-order valence-electron chi connectivity index (χ3n) is 3.82. The second kappa shape index (κ2) is 10.2. The Bertz CT molecular complexity index is 400. The molecule has 0 aliphatic carbocycles. The van der Waals surface area contributed by atoms with Crippen LogP contribution in [-0.2, 0) is 0 Å². The van der Waals surface area contributed by atoms with E-state index in [0.29, 0.717) is 6.04 Å². The molecule has 2 unspecified atom stereocenters. The lowest BCUT2D eigenvalue weighted by Gasteiger charge is -2.27. The first-order valence-electron chi connectivity index (χ1n) is 7.76. The number of hydrogen-bond donors (Lipinski definition) is 1. The maximum Gasteiger partial charge on any atom is 0.123 e. The fraction of sp³-hybridized carbons (Fsp3) is 0.647. The van der Waals surface area contributed by atoms with E-state index in [1.54, 1.807) is 12.1 Å². The van der Waals surface area contributed by atoms with Crippen LogP contribution in [-0.4, -0.2) is 43.1 Å². The quantitative estimate of drug-likeness (QED) is 0.704. The molecule has 0 saturated heterocycles. The number of halogens is 1. The van der Waals surface area contributed by atoms with Crippen LogP contribution in [0.5, 0.6) is 0 Å². The van der Waals surface area contributed by atoms with Gasteiger partial charge in [0.15, 0.2) is 0 Å². The molecule has 4 heteroatoms. The van der Waals surface area contributed by atoms with Crippen molar-refractivity contribution in [3.63, 3.8) is 0 Å². The molecule has 0 radical (unpaired) electrons. The normalized spacial score (nSPS) is 14.4. The van der Waals surface area contributed by atoms with E-state index in [2.05, 4.69) is 37.4 Å². The Morgan fingerprint density at radius 2 is 2.14 bits per heavy atom. The van der Waals surface area contributed by atoms with E-state index in [1.165, 1.54) is 6.07 Å². The topological polar surface area (TPSA) is 15.3 Å². The molecule has 0 aromatic heterocycles. The molecule has 1 aromatic carbocycles. The smallest absolute Gasteiger partial charge is 0.123 e. The first kappa shape index (κ1) is 18.5. The van der Waals surface area contributed by atoms with Crippen molar-refractivity contribution in [3.05, 3.63) is 35.6 Å². The third kappa shape index (κ3) is 6.81. The third-order valence-corrected chi connectivity index (χ3v) is 4.64. The lowest BCUT2D eigenvalue weighted by molar-refractivity contribution is 0.260. The van der Waals surface area contributed by atoms with Crippen LogP contribution in [0.3, 0.4) is 0 Å². The molecule has 0 fully saturated rings. The second-order valence-corrected chi connectivity index (χ2v) is 6.55. The zero-order valence-corrected chi connectivity index (χ0v) is 14.5. The average Bonchev–Trinajstić information content (AvgIpc) is 2.47. The summed E-state index contributed by atoms with van der Waals surface area (Å²) in [7, 11) is 2.17. The van der Waals surface area contributed by atoms with Crippen molar-refractivity contribution in [2.24, 2.45) is 0 Å². The molecule has 2 atom stereocenters. The van der Waals surface area contributed by atoms with Gasteiger partial charge < -0.3 is 10.2 Å². The zero-order valence-electron chi connectivity index (χ0n) is 13.7. The predicted molar refractivity (Wildman–Crippen MR) is 92.5 cm³/mol. The minimum atomic E-state index is -0.153. The highest BCUT2D eigenvalue weighted by Gasteiger charge is 2.14. The molecule has 0 bridgehead atoms. The number of hydrogen-bond acceptors (Lipinski definition) is 3. The van der Waals surface area contributed by atoms with E-state index >= 15 is 0 Å². The van der Waals surface area contributed by atoms with Crippen LogP contribution in [0.2, 0.25) is 0 Å². The van der Waals surface area contributed by atoms with Crippen LogP contribution in [0.4, 0.5) is 4.39 Å². The summed E-state index contributed by atoms with van der Waals surface area (Å²) in [5, 5.41) is 3.54. The Kier molecular flexibility index (Phi) is 8.97. The summed E-state index contributed by atoms with van der Waals surface area (Å²) in [5.74, 6) is 0.990. The first-order chi connectivity index (χ1) is 10.1. The first-order valence-corrected chi connectivity index (χ1v) is 9.15. The van der Waals surface area contributed by atoms with Crippen molar-refractivity contribution < 1.29 is 4.39 Å². The highest BCUT2D eigenvalue weighted by atomic mass is 32.2. The van der Waals surface area contributed by atoms with Crippen molar-refractivity contribution in [2.45, 2.75) is 38.8 Å². The highest BCUT2D eigenvalue weighted by Crippen LogP contribution is 2.19. The number of nitrogens with zero attached hydrogens (tertiary/aromatic N) is 1. The van der Waals surface area contributed by atoms with E-state index in [9.17, 15) is 4.39 Å². The molecule has 0 saturated carbocycles. The lowest BCUT2D eigenvalue weighted by Crippen LogP contribution is -2.34. The van der Waals surface area contributed by atoms with E-state index in [0.717, 1.165) is 37.2 Å². The van der Waals surface area contributed by atoms with Gasteiger partial charge in [-0.05, 0) is 63.9 Å². The average molecular weight is 312 g/mol. The molecule has 1 aromatic rings. The number of thioether (sulfide) groups is 1. The predicted octanol–water partition coefficient (Wildman–Crippen LogP) is 3.94. The molecule has 120 valence electrons. The van der Waals surface area contributed by atoms with Crippen molar-refractivity contribution >= 4 is 11.8 Å². The minimum absolute atomic E-state index is 0.153. The molecule has 21 heavy (non-hydrogen) atoms. The van der Waals surface area contributed by atoms with Gasteiger partial charge in [0.05, 0.1) is 0 Å². The van der Waals surface area contributed by atoms with Crippen LogP contribution >= 0.6 is 11.8 Å². The number of rotatable bonds is 10. The lowest BCUT2D eigenvalue weighted by atomic mass is 10.0. The van der Waals surface area contributed by atoms with Gasteiger partial charge in [0.1, 0.15) is 5.82 Å². The maximum atomic E-state index is 13.4. The summed E-state index contributed by atoms with van der Waals surface area (Å²) in [6, 6.07) is 7.77. The Balaban J connectivity index is 2.62. The Morgan fingerprint density at radius 1 is 1.38 bits per heavy atom.